The molecule has 0 unspecified atom stereocenters. The molecular formula is C21H22N6O6S. The van der Waals surface area contributed by atoms with E-state index in [2.05, 4.69) is 20.8 Å². The van der Waals surface area contributed by atoms with Crippen LogP contribution in [-0.4, -0.2) is 56.1 Å². The number of non-ortho nitro benzene ring substituents is 1. The molecule has 0 fully saturated rings. The molecule has 3 aromatic rings. The summed E-state index contributed by atoms with van der Waals surface area (Å²) in [6.45, 7) is -0.411. The number of nitro groups is 1. The van der Waals surface area contributed by atoms with E-state index in [9.17, 15) is 24.8 Å². The van der Waals surface area contributed by atoms with Crippen LogP contribution >= 0.6 is 11.8 Å². The number of hydrogen-bond donors (Lipinski definition) is 3. The Morgan fingerprint density at radius 3 is 2.62 bits per heavy atom. The van der Waals surface area contributed by atoms with Crippen molar-refractivity contribution in [3.8, 4) is 5.75 Å². The summed E-state index contributed by atoms with van der Waals surface area (Å²) in [7, 11) is 3.18. The van der Waals surface area contributed by atoms with Crippen molar-refractivity contribution in [1.82, 2.24) is 20.1 Å². The van der Waals surface area contributed by atoms with Crippen LogP contribution in [0.4, 0.5) is 11.4 Å². The van der Waals surface area contributed by atoms with E-state index in [0.29, 0.717) is 28.0 Å². The van der Waals surface area contributed by atoms with Gasteiger partial charge in [0.15, 0.2) is 11.0 Å². The second-order valence-corrected chi connectivity index (χ2v) is 7.92. The third-order valence-electron chi connectivity index (χ3n) is 4.69. The van der Waals surface area contributed by atoms with E-state index < -0.39 is 23.5 Å². The van der Waals surface area contributed by atoms with E-state index in [1.165, 1.54) is 25.3 Å². The summed E-state index contributed by atoms with van der Waals surface area (Å²) < 4.78 is 6.65. The van der Waals surface area contributed by atoms with Gasteiger partial charge in [0.25, 0.3) is 11.6 Å². The standard InChI is InChI=1S/C21H22N6O6S/c1-26-19(17(11-28)23-20(30)13-6-8-16(33-2)9-7-13)24-25-21(26)34-12-18(29)22-14-4-3-5-15(10-14)27(31)32/h3-10,17,28H,11-12H2,1-2H3,(H,22,29)(H,23,30)/t17-/m0/s1. The Labute approximate surface area is 198 Å². The molecule has 0 saturated carbocycles. The molecule has 0 bridgehead atoms. The van der Waals surface area contributed by atoms with Gasteiger partial charge in [-0.2, -0.15) is 0 Å². The number of benzene rings is 2. The molecule has 178 valence electrons. The fraction of sp³-hybridized carbons (Fsp3) is 0.238. The first-order valence-corrected chi connectivity index (χ1v) is 10.9. The number of carbonyl (C=O) groups excluding carboxylic acids is 2. The summed E-state index contributed by atoms with van der Waals surface area (Å²) in [5.41, 5.74) is 0.559. The van der Waals surface area contributed by atoms with Gasteiger partial charge in [-0.05, 0) is 30.3 Å². The number of ether oxygens (including phenoxy) is 1. The summed E-state index contributed by atoms with van der Waals surface area (Å²) >= 11 is 1.09. The van der Waals surface area contributed by atoms with Gasteiger partial charge in [-0.3, -0.25) is 19.7 Å². The SMILES string of the molecule is COc1ccc(C(=O)N[C@@H](CO)c2nnc(SCC(=O)Nc3cccc([N+](=O)[O-])c3)n2C)cc1. The van der Waals surface area contributed by atoms with Crippen LogP contribution in [0.5, 0.6) is 5.75 Å². The number of aromatic nitrogens is 3. The van der Waals surface area contributed by atoms with Crippen molar-refractivity contribution in [1.29, 1.82) is 0 Å². The van der Waals surface area contributed by atoms with Gasteiger partial charge in [-0.1, -0.05) is 17.8 Å². The maximum atomic E-state index is 12.5. The summed E-state index contributed by atoms with van der Waals surface area (Å²) in [5, 5.41) is 34.4. The summed E-state index contributed by atoms with van der Waals surface area (Å²) in [6, 6.07) is 11.3. The van der Waals surface area contributed by atoms with Crippen molar-refractivity contribution in [3.05, 3.63) is 70.0 Å². The van der Waals surface area contributed by atoms with Gasteiger partial charge >= 0.3 is 0 Å². The molecule has 1 heterocycles. The molecule has 1 atom stereocenters. The van der Waals surface area contributed by atoms with Crippen molar-refractivity contribution in [2.24, 2.45) is 7.05 Å². The van der Waals surface area contributed by atoms with Crippen molar-refractivity contribution in [2.75, 3.05) is 24.8 Å². The van der Waals surface area contributed by atoms with Crippen molar-refractivity contribution < 1.29 is 24.4 Å². The highest BCUT2D eigenvalue weighted by atomic mass is 32.2. The van der Waals surface area contributed by atoms with Gasteiger partial charge in [-0.15, -0.1) is 10.2 Å². The van der Waals surface area contributed by atoms with E-state index in [0.717, 1.165) is 11.8 Å². The number of carbonyl (C=O) groups is 2. The Hall–Kier alpha value is -3.97. The maximum Gasteiger partial charge on any atom is 0.271 e. The molecule has 3 rings (SSSR count). The van der Waals surface area contributed by atoms with E-state index >= 15 is 0 Å². The van der Waals surface area contributed by atoms with Crippen LogP contribution in [0.2, 0.25) is 0 Å². The number of nitrogens with zero attached hydrogens (tertiary/aromatic N) is 4. The zero-order valence-corrected chi connectivity index (χ0v) is 19.1. The highest BCUT2D eigenvalue weighted by Gasteiger charge is 2.22. The molecule has 0 aliphatic carbocycles. The molecule has 3 N–H and O–H groups in total. The lowest BCUT2D eigenvalue weighted by molar-refractivity contribution is -0.384. The molecule has 0 saturated heterocycles. The van der Waals surface area contributed by atoms with Crippen LogP contribution in [0.1, 0.15) is 22.2 Å². The highest BCUT2D eigenvalue weighted by Crippen LogP contribution is 2.21. The third-order valence-corrected chi connectivity index (χ3v) is 5.71. The Balaban J connectivity index is 1.61. The van der Waals surface area contributed by atoms with Gasteiger partial charge < -0.3 is 25.0 Å². The second-order valence-electron chi connectivity index (χ2n) is 6.98. The van der Waals surface area contributed by atoms with Gasteiger partial charge in [-0.25, -0.2) is 0 Å². The molecule has 2 amide bonds. The lowest BCUT2D eigenvalue weighted by Crippen LogP contribution is -2.32. The van der Waals surface area contributed by atoms with Crippen LogP contribution < -0.4 is 15.4 Å². The average Bonchev–Trinajstić information content (AvgIpc) is 3.21. The molecule has 0 radical (unpaired) electrons. The lowest BCUT2D eigenvalue weighted by Gasteiger charge is -2.16. The monoisotopic (exact) mass is 486 g/mol. The largest absolute Gasteiger partial charge is 0.497 e. The molecular weight excluding hydrogens is 464 g/mol. The quantitative estimate of drug-likeness (QED) is 0.221. The minimum absolute atomic E-state index is 0.0311. The number of aliphatic hydroxyl groups is 1. The zero-order chi connectivity index (χ0) is 24.7. The normalized spacial score (nSPS) is 11.5. The molecule has 0 spiro atoms. The first kappa shape index (κ1) is 24.7. The predicted octanol–water partition coefficient (Wildman–Crippen LogP) is 1.93. The van der Waals surface area contributed by atoms with E-state index in [-0.39, 0.29) is 17.3 Å². The van der Waals surface area contributed by atoms with Crippen molar-refractivity contribution in [3.63, 3.8) is 0 Å². The Morgan fingerprint density at radius 1 is 1.24 bits per heavy atom. The second kappa shape index (κ2) is 11.2. The number of nitro benzene ring substituents is 1. The molecule has 2 aromatic carbocycles. The minimum Gasteiger partial charge on any atom is -0.497 e. The first-order valence-electron chi connectivity index (χ1n) is 9.94. The Bertz CT molecular complexity index is 1180. The number of hydrogen-bond acceptors (Lipinski definition) is 9. The fourth-order valence-corrected chi connectivity index (χ4v) is 3.67. The van der Waals surface area contributed by atoms with Crippen LogP contribution in [0.25, 0.3) is 0 Å². The number of rotatable bonds is 10. The van der Waals surface area contributed by atoms with E-state index in [1.807, 2.05) is 0 Å². The highest BCUT2D eigenvalue weighted by molar-refractivity contribution is 7.99. The number of amides is 2. The molecule has 34 heavy (non-hydrogen) atoms. The average molecular weight is 487 g/mol. The lowest BCUT2D eigenvalue weighted by atomic mass is 10.2. The third kappa shape index (κ3) is 6.08. The zero-order valence-electron chi connectivity index (χ0n) is 18.3. The van der Waals surface area contributed by atoms with E-state index in [1.54, 1.807) is 41.9 Å². The van der Waals surface area contributed by atoms with Gasteiger partial charge in [0.05, 0.1) is 24.4 Å². The van der Waals surface area contributed by atoms with Crippen LogP contribution in [0.15, 0.2) is 53.7 Å². The van der Waals surface area contributed by atoms with Crippen molar-refractivity contribution >= 4 is 35.0 Å². The Kier molecular flexibility index (Phi) is 8.16. The number of anilines is 1. The molecule has 13 heteroatoms. The predicted molar refractivity (Wildman–Crippen MR) is 124 cm³/mol. The molecule has 12 nitrogen and oxygen atoms in total. The number of thioether (sulfide) groups is 1. The van der Waals surface area contributed by atoms with Gasteiger partial charge in [0.2, 0.25) is 5.91 Å². The van der Waals surface area contributed by atoms with Crippen LogP contribution in [0.3, 0.4) is 0 Å². The molecule has 0 aliphatic rings. The number of nitrogens with one attached hydrogen (secondary N) is 2. The molecule has 0 aliphatic heterocycles. The van der Waals surface area contributed by atoms with Gasteiger partial charge in [0.1, 0.15) is 11.8 Å². The first-order chi connectivity index (χ1) is 16.3. The summed E-state index contributed by atoms with van der Waals surface area (Å²) in [5.74, 6) is 0.0962. The minimum atomic E-state index is -0.819. The van der Waals surface area contributed by atoms with E-state index in [4.69, 9.17) is 4.74 Å². The molecule has 1 aromatic heterocycles. The van der Waals surface area contributed by atoms with Crippen LogP contribution in [-0.2, 0) is 11.8 Å². The van der Waals surface area contributed by atoms with Gasteiger partial charge in [0, 0.05) is 30.4 Å². The number of methoxy groups -OCH3 is 1. The number of aliphatic hydroxyl groups excluding tert-OH is 1. The van der Waals surface area contributed by atoms with Crippen LogP contribution in [0, 0.1) is 10.1 Å². The van der Waals surface area contributed by atoms with Crippen molar-refractivity contribution in [2.45, 2.75) is 11.2 Å². The fourth-order valence-electron chi connectivity index (χ4n) is 2.96. The summed E-state index contributed by atoms with van der Waals surface area (Å²) in [6.07, 6.45) is 0. The maximum absolute atomic E-state index is 12.5. The topological polar surface area (TPSA) is 162 Å². The Morgan fingerprint density at radius 2 is 1.97 bits per heavy atom. The smallest absolute Gasteiger partial charge is 0.271 e. The summed E-state index contributed by atoms with van der Waals surface area (Å²) in [4.78, 5) is 35.1.